The zero-order chi connectivity index (χ0) is 24.0. The SMILES string of the molecule is CCOc1ccc(NS(=O)(=O)c2cccc(C(=O)NCCCc3nc4ccccc4s3)c2)cc1. The molecule has 1 aromatic heterocycles. The van der Waals surface area contributed by atoms with E-state index in [2.05, 4.69) is 15.0 Å². The van der Waals surface area contributed by atoms with E-state index in [1.807, 2.05) is 31.2 Å². The number of benzene rings is 3. The van der Waals surface area contributed by atoms with Gasteiger partial charge in [-0.2, -0.15) is 0 Å². The number of thiazole rings is 1. The minimum Gasteiger partial charge on any atom is -0.494 e. The predicted octanol–water partition coefficient (Wildman–Crippen LogP) is 4.86. The molecular weight excluding hydrogens is 470 g/mol. The first-order chi connectivity index (χ1) is 16.4. The van der Waals surface area contributed by atoms with Crippen LogP contribution in [0.4, 0.5) is 5.69 Å². The number of fused-ring (bicyclic) bond motifs is 1. The Balaban J connectivity index is 1.33. The highest BCUT2D eigenvalue weighted by Gasteiger charge is 2.17. The maximum Gasteiger partial charge on any atom is 0.261 e. The third-order valence-corrected chi connectivity index (χ3v) is 7.49. The number of aromatic nitrogens is 1. The van der Waals surface area contributed by atoms with Gasteiger partial charge < -0.3 is 10.1 Å². The lowest BCUT2D eigenvalue weighted by molar-refractivity contribution is 0.0953. The molecule has 0 fully saturated rings. The van der Waals surface area contributed by atoms with E-state index in [9.17, 15) is 13.2 Å². The molecule has 0 radical (unpaired) electrons. The van der Waals surface area contributed by atoms with E-state index in [0.29, 0.717) is 24.6 Å². The first-order valence-corrected chi connectivity index (χ1v) is 13.2. The Morgan fingerprint density at radius 3 is 2.59 bits per heavy atom. The summed E-state index contributed by atoms with van der Waals surface area (Å²) < 4.78 is 34.7. The van der Waals surface area contributed by atoms with Crippen LogP contribution in [-0.2, 0) is 16.4 Å². The summed E-state index contributed by atoms with van der Waals surface area (Å²) in [5.41, 5.74) is 1.69. The molecule has 4 rings (SSSR count). The van der Waals surface area contributed by atoms with E-state index in [-0.39, 0.29) is 16.4 Å². The van der Waals surface area contributed by atoms with Gasteiger partial charge in [-0.15, -0.1) is 11.3 Å². The molecule has 9 heteroatoms. The summed E-state index contributed by atoms with van der Waals surface area (Å²) in [5, 5.41) is 3.89. The van der Waals surface area contributed by atoms with Gasteiger partial charge in [0.05, 0.1) is 26.7 Å². The molecule has 0 aliphatic rings. The summed E-state index contributed by atoms with van der Waals surface area (Å²) >= 11 is 1.66. The zero-order valence-corrected chi connectivity index (χ0v) is 20.3. The number of hydrogen-bond acceptors (Lipinski definition) is 6. The maximum atomic E-state index is 12.8. The highest BCUT2D eigenvalue weighted by atomic mass is 32.2. The van der Waals surface area contributed by atoms with E-state index in [0.717, 1.165) is 28.1 Å². The molecule has 7 nitrogen and oxygen atoms in total. The number of carbonyl (C=O) groups excluding carboxylic acids is 1. The number of aryl methyl sites for hydroxylation is 1. The van der Waals surface area contributed by atoms with Gasteiger partial charge in [-0.3, -0.25) is 9.52 Å². The van der Waals surface area contributed by atoms with Gasteiger partial charge in [0, 0.05) is 24.2 Å². The molecule has 0 atom stereocenters. The molecule has 2 N–H and O–H groups in total. The van der Waals surface area contributed by atoms with Gasteiger partial charge in [0.1, 0.15) is 5.75 Å². The largest absolute Gasteiger partial charge is 0.494 e. The summed E-state index contributed by atoms with van der Waals surface area (Å²) in [4.78, 5) is 17.2. The number of sulfonamides is 1. The fourth-order valence-electron chi connectivity index (χ4n) is 3.37. The van der Waals surface area contributed by atoms with Crippen LogP contribution in [0.2, 0.25) is 0 Å². The van der Waals surface area contributed by atoms with Crippen molar-refractivity contribution in [2.75, 3.05) is 17.9 Å². The van der Waals surface area contributed by atoms with Crippen LogP contribution in [0.5, 0.6) is 5.75 Å². The Morgan fingerprint density at radius 1 is 1.03 bits per heavy atom. The molecule has 0 aliphatic heterocycles. The number of rotatable bonds is 10. The third kappa shape index (κ3) is 5.92. The number of hydrogen-bond donors (Lipinski definition) is 2. The molecule has 0 unspecified atom stereocenters. The Bertz CT molecular complexity index is 1350. The van der Waals surface area contributed by atoms with E-state index >= 15 is 0 Å². The number of para-hydroxylation sites is 1. The lowest BCUT2D eigenvalue weighted by Gasteiger charge is -2.10. The number of anilines is 1. The molecule has 34 heavy (non-hydrogen) atoms. The Kier molecular flexibility index (Phi) is 7.44. The standard InChI is InChI=1S/C25H25N3O4S2/c1-2-32-20-14-12-19(13-15-20)28-34(30,31)21-8-5-7-18(17-21)25(29)26-16-6-11-24-27-22-9-3-4-10-23(22)33-24/h3-5,7-10,12-15,17,28H,2,6,11,16H2,1H3,(H,26,29). The second kappa shape index (κ2) is 10.7. The van der Waals surface area contributed by atoms with E-state index in [1.165, 1.54) is 12.1 Å². The summed E-state index contributed by atoms with van der Waals surface area (Å²) in [6.45, 7) is 2.88. The second-order valence-electron chi connectivity index (χ2n) is 7.53. The predicted molar refractivity (Wildman–Crippen MR) is 135 cm³/mol. The van der Waals surface area contributed by atoms with Crippen molar-refractivity contribution in [3.05, 3.63) is 83.4 Å². The number of nitrogens with zero attached hydrogens (tertiary/aromatic N) is 1. The molecule has 1 heterocycles. The van der Waals surface area contributed by atoms with Crippen molar-refractivity contribution in [3.63, 3.8) is 0 Å². The van der Waals surface area contributed by atoms with Crippen LogP contribution in [-0.4, -0.2) is 32.5 Å². The Labute approximate surface area is 202 Å². The first kappa shape index (κ1) is 23.7. The Morgan fingerprint density at radius 2 is 1.82 bits per heavy atom. The van der Waals surface area contributed by atoms with Crippen molar-refractivity contribution < 1.29 is 17.9 Å². The average molecular weight is 496 g/mol. The van der Waals surface area contributed by atoms with Gasteiger partial charge in [0.15, 0.2) is 0 Å². The van der Waals surface area contributed by atoms with Crippen LogP contribution in [0.25, 0.3) is 10.2 Å². The lowest BCUT2D eigenvalue weighted by Crippen LogP contribution is -2.25. The third-order valence-electron chi connectivity index (χ3n) is 5.02. The molecule has 0 spiro atoms. The lowest BCUT2D eigenvalue weighted by atomic mass is 10.2. The van der Waals surface area contributed by atoms with E-state index in [1.54, 1.807) is 47.7 Å². The van der Waals surface area contributed by atoms with Gasteiger partial charge in [-0.25, -0.2) is 13.4 Å². The molecule has 0 bridgehead atoms. The summed E-state index contributed by atoms with van der Waals surface area (Å²) in [6.07, 6.45) is 1.50. The van der Waals surface area contributed by atoms with Gasteiger partial charge in [-0.1, -0.05) is 18.2 Å². The molecule has 0 saturated carbocycles. The quantitative estimate of drug-likeness (QED) is 0.306. The number of amides is 1. The summed E-state index contributed by atoms with van der Waals surface area (Å²) in [5.74, 6) is 0.342. The summed E-state index contributed by atoms with van der Waals surface area (Å²) in [6, 6.07) is 20.6. The topological polar surface area (TPSA) is 97.4 Å². The molecule has 1 amide bonds. The molecule has 176 valence electrons. The van der Waals surface area contributed by atoms with Crippen LogP contribution in [0.3, 0.4) is 0 Å². The van der Waals surface area contributed by atoms with Crippen LogP contribution in [0, 0.1) is 0 Å². The highest BCUT2D eigenvalue weighted by molar-refractivity contribution is 7.92. The van der Waals surface area contributed by atoms with Crippen molar-refractivity contribution in [2.24, 2.45) is 0 Å². The maximum absolute atomic E-state index is 12.8. The molecule has 0 saturated heterocycles. The van der Waals surface area contributed by atoms with E-state index in [4.69, 9.17) is 4.74 Å². The van der Waals surface area contributed by atoms with Gasteiger partial charge in [0.2, 0.25) is 0 Å². The molecular formula is C25H25N3O4S2. The van der Waals surface area contributed by atoms with Crippen molar-refractivity contribution in [1.29, 1.82) is 0 Å². The zero-order valence-electron chi connectivity index (χ0n) is 18.7. The van der Waals surface area contributed by atoms with Crippen molar-refractivity contribution in [3.8, 4) is 5.75 Å². The van der Waals surface area contributed by atoms with Gasteiger partial charge in [0.25, 0.3) is 15.9 Å². The van der Waals surface area contributed by atoms with Crippen molar-refractivity contribution in [2.45, 2.75) is 24.7 Å². The van der Waals surface area contributed by atoms with Crippen LogP contribution in [0.15, 0.2) is 77.7 Å². The smallest absolute Gasteiger partial charge is 0.261 e. The molecule has 3 aromatic carbocycles. The van der Waals surface area contributed by atoms with Crippen LogP contribution >= 0.6 is 11.3 Å². The van der Waals surface area contributed by atoms with Gasteiger partial charge in [-0.05, 0) is 67.9 Å². The highest BCUT2D eigenvalue weighted by Crippen LogP contribution is 2.23. The number of ether oxygens (including phenoxy) is 1. The Hall–Kier alpha value is -3.43. The fourth-order valence-corrected chi connectivity index (χ4v) is 5.49. The molecule has 4 aromatic rings. The van der Waals surface area contributed by atoms with Crippen LogP contribution in [0.1, 0.15) is 28.7 Å². The number of nitrogens with one attached hydrogen (secondary N) is 2. The normalized spacial score (nSPS) is 11.3. The van der Waals surface area contributed by atoms with Gasteiger partial charge >= 0.3 is 0 Å². The first-order valence-electron chi connectivity index (χ1n) is 10.9. The monoisotopic (exact) mass is 495 g/mol. The van der Waals surface area contributed by atoms with Crippen molar-refractivity contribution >= 4 is 43.2 Å². The second-order valence-corrected chi connectivity index (χ2v) is 10.3. The van der Waals surface area contributed by atoms with Crippen LogP contribution < -0.4 is 14.8 Å². The molecule has 0 aliphatic carbocycles. The number of carbonyl (C=O) groups is 1. The van der Waals surface area contributed by atoms with Crippen molar-refractivity contribution in [1.82, 2.24) is 10.3 Å². The minimum absolute atomic E-state index is 0.0171. The van der Waals surface area contributed by atoms with E-state index < -0.39 is 10.0 Å². The average Bonchev–Trinajstić information content (AvgIpc) is 3.26. The minimum atomic E-state index is -3.85. The fraction of sp³-hybridized carbons (Fsp3) is 0.200. The summed E-state index contributed by atoms with van der Waals surface area (Å²) in [7, 11) is -3.85.